The van der Waals surface area contributed by atoms with Crippen molar-refractivity contribution < 1.29 is 32.2 Å². The zero-order valence-corrected chi connectivity index (χ0v) is 16.7. The SMILES string of the molecule is CCCOc1c(Cl)cc(C(=O)OCC(=O)N[C@@H]2CCS(=O)(=O)C2)cc1OC. The Labute approximate surface area is 163 Å². The maximum atomic E-state index is 12.2. The zero-order chi connectivity index (χ0) is 20.0. The molecule has 0 aliphatic carbocycles. The summed E-state index contributed by atoms with van der Waals surface area (Å²) in [6.07, 6.45) is 1.13. The van der Waals surface area contributed by atoms with Crippen molar-refractivity contribution in [3.8, 4) is 11.5 Å². The lowest BCUT2D eigenvalue weighted by molar-refractivity contribution is -0.124. The number of carbonyl (C=O) groups is 2. The van der Waals surface area contributed by atoms with Crippen molar-refractivity contribution in [1.29, 1.82) is 0 Å². The molecule has 0 saturated carbocycles. The Kier molecular flexibility index (Phi) is 7.32. The second kappa shape index (κ2) is 9.27. The highest BCUT2D eigenvalue weighted by Gasteiger charge is 2.29. The molecule has 0 spiro atoms. The molecule has 1 aromatic rings. The molecule has 1 saturated heterocycles. The summed E-state index contributed by atoms with van der Waals surface area (Å²) >= 11 is 6.15. The molecule has 0 aromatic heterocycles. The predicted octanol–water partition coefficient (Wildman–Crippen LogP) is 1.60. The van der Waals surface area contributed by atoms with Crippen molar-refractivity contribution in [3.63, 3.8) is 0 Å². The highest BCUT2D eigenvalue weighted by Crippen LogP contribution is 2.36. The number of hydrogen-bond donors (Lipinski definition) is 1. The lowest BCUT2D eigenvalue weighted by Gasteiger charge is -2.14. The molecule has 0 bridgehead atoms. The summed E-state index contributed by atoms with van der Waals surface area (Å²) in [6.45, 7) is 1.86. The maximum Gasteiger partial charge on any atom is 0.338 e. The number of sulfone groups is 1. The van der Waals surface area contributed by atoms with E-state index < -0.39 is 34.4 Å². The number of benzene rings is 1. The van der Waals surface area contributed by atoms with Gasteiger partial charge >= 0.3 is 5.97 Å². The Hall–Kier alpha value is -2.00. The third-order valence-corrected chi connectivity index (χ3v) is 5.90. The smallest absolute Gasteiger partial charge is 0.338 e. The van der Waals surface area contributed by atoms with Crippen LogP contribution in [0.4, 0.5) is 0 Å². The summed E-state index contributed by atoms with van der Waals surface area (Å²) in [5.41, 5.74) is 0.108. The Morgan fingerprint density at radius 3 is 2.67 bits per heavy atom. The summed E-state index contributed by atoms with van der Waals surface area (Å²) in [4.78, 5) is 24.0. The number of halogens is 1. The molecule has 1 amide bonds. The lowest BCUT2D eigenvalue weighted by Crippen LogP contribution is -2.38. The van der Waals surface area contributed by atoms with E-state index in [4.69, 9.17) is 25.8 Å². The molecule has 1 N–H and O–H groups in total. The van der Waals surface area contributed by atoms with E-state index in [0.29, 0.717) is 18.8 Å². The Morgan fingerprint density at radius 2 is 2.07 bits per heavy atom. The largest absolute Gasteiger partial charge is 0.493 e. The first kappa shape index (κ1) is 21.3. The third kappa shape index (κ3) is 6.00. The van der Waals surface area contributed by atoms with Crippen molar-refractivity contribution in [1.82, 2.24) is 5.32 Å². The molecule has 150 valence electrons. The van der Waals surface area contributed by atoms with Gasteiger partial charge in [-0.05, 0) is 25.0 Å². The molecule has 1 aromatic carbocycles. The van der Waals surface area contributed by atoms with E-state index in [1.165, 1.54) is 19.2 Å². The molecule has 1 aliphatic heterocycles. The van der Waals surface area contributed by atoms with E-state index in [9.17, 15) is 18.0 Å². The number of rotatable bonds is 8. The van der Waals surface area contributed by atoms with Crippen LogP contribution in [0.5, 0.6) is 11.5 Å². The fraction of sp³-hybridized carbons (Fsp3) is 0.529. The zero-order valence-electron chi connectivity index (χ0n) is 15.1. The molecule has 0 unspecified atom stereocenters. The Balaban J connectivity index is 1.95. The van der Waals surface area contributed by atoms with Gasteiger partial charge in [0.05, 0.1) is 35.8 Å². The van der Waals surface area contributed by atoms with E-state index in [1.54, 1.807) is 0 Å². The van der Waals surface area contributed by atoms with Crippen LogP contribution < -0.4 is 14.8 Å². The number of hydrogen-bond acceptors (Lipinski definition) is 7. The highest BCUT2D eigenvalue weighted by molar-refractivity contribution is 7.91. The van der Waals surface area contributed by atoms with Crippen LogP contribution in [0.15, 0.2) is 12.1 Å². The second-order valence-electron chi connectivity index (χ2n) is 6.08. The van der Waals surface area contributed by atoms with Gasteiger partial charge in [0.2, 0.25) is 0 Å². The molecule has 2 rings (SSSR count). The number of amides is 1. The van der Waals surface area contributed by atoms with Crippen molar-refractivity contribution in [3.05, 3.63) is 22.7 Å². The first-order valence-electron chi connectivity index (χ1n) is 8.43. The van der Waals surface area contributed by atoms with Gasteiger partial charge in [-0.25, -0.2) is 13.2 Å². The van der Waals surface area contributed by atoms with Crippen LogP contribution in [0.1, 0.15) is 30.1 Å². The standard InChI is InChI=1S/C17H22ClNO7S/c1-3-5-25-16-13(18)7-11(8-14(16)24-2)17(21)26-9-15(20)19-12-4-6-27(22,23)10-12/h7-8,12H,3-6,9-10H2,1-2H3,(H,19,20)/t12-/m1/s1. The van der Waals surface area contributed by atoms with Gasteiger partial charge in [-0.2, -0.15) is 0 Å². The number of methoxy groups -OCH3 is 1. The minimum atomic E-state index is -3.10. The Bertz CT molecular complexity index is 810. The van der Waals surface area contributed by atoms with Crippen LogP contribution in [0.2, 0.25) is 5.02 Å². The van der Waals surface area contributed by atoms with E-state index in [-0.39, 0.29) is 27.8 Å². The van der Waals surface area contributed by atoms with Crippen molar-refractivity contribution in [2.45, 2.75) is 25.8 Å². The first-order chi connectivity index (χ1) is 12.8. The molecular weight excluding hydrogens is 398 g/mol. The van der Waals surface area contributed by atoms with Gasteiger partial charge in [-0.3, -0.25) is 4.79 Å². The molecule has 0 radical (unpaired) electrons. The van der Waals surface area contributed by atoms with Crippen LogP contribution in [-0.4, -0.2) is 58.2 Å². The first-order valence-corrected chi connectivity index (χ1v) is 10.6. The molecule has 27 heavy (non-hydrogen) atoms. The highest BCUT2D eigenvalue weighted by atomic mass is 35.5. The molecule has 8 nitrogen and oxygen atoms in total. The molecule has 1 aliphatic rings. The van der Waals surface area contributed by atoms with E-state index in [2.05, 4.69) is 5.32 Å². The normalized spacial score (nSPS) is 18.0. The Morgan fingerprint density at radius 1 is 1.33 bits per heavy atom. The summed E-state index contributed by atoms with van der Waals surface area (Å²) < 4.78 is 38.5. The molecule has 1 fully saturated rings. The van der Waals surface area contributed by atoms with Gasteiger partial charge in [-0.1, -0.05) is 18.5 Å². The number of carbonyl (C=O) groups excluding carboxylic acids is 2. The van der Waals surface area contributed by atoms with Crippen LogP contribution in [0.3, 0.4) is 0 Å². The molecule has 1 heterocycles. The third-order valence-electron chi connectivity index (χ3n) is 3.85. The molecule has 10 heteroatoms. The molecular formula is C17H22ClNO7S. The van der Waals surface area contributed by atoms with E-state index in [1.807, 2.05) is 6.92 Å². The fourth-order valence-corrected chi connectivity index (χ4v) is 4.51. The van der Waals surface area contributed by atoms with Gasteiger partial charge in [0.25, 0.3) is 5.91 Å². The quantitative estimate of drug-likeness (QED) is 0.637. The second-order valence-corrected chi connectivity index (χ2v) is 8.72. The maximum absolute atomic E-state index is 12.2. The van der Waals surface area contributed by atoms with Crippen molar-refractivity contribution in [2.75, 3.05) is 31.8 Å². The van der Waals surface area contributed by atoms with E-state index in [0.717, 1.165) is 6.42 Å². The average molecular weight is 420 g/mol. The fourth-order valence-electron chi connectivity index (χ4n) is 2.57. The van der Waals surface area contributed by atoms with Crippen LogP contribution in [0, 0.1) is 0 Å². The number of nitrogens with one attached hydrogen (secondary N) is 1. The van der Waals surface area contributed by atoms with Gasteiger partial charge in [-0.15, -0.1) is 0 Å². The van der Waals surface area contributed by atoms with Crippen LogP contribution in [0.25, 0.3) is 0 Å². The minimum absolute atomic E-state index is 0.0441. The van der Waals surface area contributed by atoms with Crippen LogP contribution >= 0.6 is 11.6 Å². The number of ether oxygens (including phenoxy) is 3. The van der Waals surface area contributed by atoms with Crippen LogP contribution in [-0.2, 0) is 19.4 Å². The van der Waals surface area contributed by atoms with Gasteiger partial charge in [0, 0.05) is 6.04 Å². The summed E-state index contributed by atoms with van der Waals surface area (Å²) in [6, 6.07) is 2.34. The molecule has 1 atom stereocenters. The van der Waals surface area contributed by atoms with E-state index >= 15 is 0 Å². The predicted molar refractivity (Wildman–Crippen MR) is 99.3 cm³/mol. The van der Waals surface area contributed by atoms with Crippen molar-refractivity contribution >= 4 is 33.3 Å². The lowest BCUT2D eigenvalue weighted by atomic mass is 10.2. The summed E-state index contributed by atoms with van der Waals surface area (Å²) in [7, 11) is -1.68. The number of esters is 1. The summed E-state index contributed by atoms with van der Waals surface area (Å²) in [5.74, 6) is -0.764. The average Bonchev–Trinajstić information content (AvgIpc) is 2.96. The monoisotopic (exact) mass is 419 g/mol. The summed E-state index contributed by atoms with van der Waals surface area (Å²) in [5, 5.41) is 2.73. The van der Waals surface area contributed by atoms with Gasteiger partial charge < -0.3 is 19.5 Å². The van der Waals surface area contributed by atoms with Gasteiger partial charge in [0.1, 0.15) is 0 Å². The topological polar surface area (TPSA) is 108 Å². The van der Waals surface area contributed by atoms with Gasteiger partial charge in [0.15, 0.2) is 27.9 Å². The minimum Gasteiger partial charge on any atom is -0.493 e. The van der Waals surface area contributed by atoms with Crippen molar-refractivity contribution in [2.24, 2.45) is 0 Å².